The van der Waals surface area contributed by atoms with E-state index in [1.54, 1.807) is 0 Å². The molecule has 1 saturated carbocycles. The highest BCUT2D eigenvalue weighted by Crippen LogP contribution is 2.22. The second-order valence-electron chi connectivity index (χ2n) is 3.70. The van der Waals surface area contributed by atoms with Gasteiger partial charge < -0.3 is 10.1 Å². The van der Waals surface area contributed by atoms with Gasteiger partial charge in [-0.15, -0.1) is 0 Å². The lowest BCUT2D eigenvalue weighted by molar-refractivity contribution is -0.0417. The van der Waals surface area contributed by atoms with E-state index >= 15 is 0 Å². The third-order valence-electron chi connectivity index (χ3n) is 2.34. The molecule has 0 saturated heterocycles. The Balaban J connectivity index is 1.91. The summed E-state index contributed by atoms with van der Waals surface area (Å²) < 4.78 is 5.77. The molecule has 1 aliphatic rings. The van der Waals surface area contributed by atoms with E-state index in [4.69, 9.17) is 4.74 Å². The molecule has 1 rings (SSSR count). The molecule has 0 aromatic rings. The molecule has 1 unspecified atom stereocenters. The van der Waals surface area contributed by atoms with Crippen molar-refractivity contribution in [2.24, 2.45) is 0 Å². The molecule has 2 heteroatoms. The van der Waals surface area contributed by atoms with E-state index in [0.29, 0.717) is 12.2 Å². The van der Waals surface area contributed by atoms with E-state index in [-0.39, 0.29) is 0 Å². The maximum absolute atomic E-state index is 5.77. The minimum Gasteiger partial charge on any atom is -0.374 e. The highest BCUT2D eigenvalue weighted by atomic mass is 16.5. The lowest BCUT2D eigenvalue weighted by Gasteiger charge is -2.29. The molecule has 0 aromatic carbocycles. The number of nitrogens with one attached hydrogen (secondary N) is 1. The van der Waals surface area contributed by atoms with Gasteiger partial charge in [-0.25, -0.2) is 0 Å². The number of hydrogen-bond acceptors (Lipinski definition) is 2. The first-order valence-electron chi connectivity index (χ1n) is 5.19. The van der Waals surface area contributed by atoms with E-state index in [1.807, 2.05) is 0 Å². The molecular weight excluding hydrogens is 150 g/mol. The summed E-state index contributed by atoms with van der Waals surface area (Å²) in [5.41, 5.74) is 0. The zero-order valence-electron chi connectivity index (χ0n) is 8.31. The quantitative estimate of drug-likeness (QED) is 0.617. The molecule has 72 valence electrons. The van der Waals surface area contributed by atoms with Crippen molar-refractivity contribution in [2.75, 3.05) is 13.1 Å². The normalized spacial score (nSPS) is 20.5. The maximum Gasteiger partial charge on any atom is 0.0675 e. The number of rotatable bonds is 6. The highest BCUT2D eigenvalue weighted by molar-refractivity contribution is 4.71. The van der Waals surface area contributed by atoms with Crippen LogP contribution in [0.3, 0.4) is 0 Å². The van der Waals surface area contributed by atoms with Gasteiger partial charge in [0.15, 0.2) is 0 Å². The predicted octanol–water partition coefficient (Wildman–Crippen LogP) is 1.94. The first kappa shape index (κ1) is 10.0. The average Bonchev–Trinajstić information content (AvgIpc) is 1.98. The lowest BCUT2D eigenvalue weighted by Crippen LogP contribution is -2.33. The van der Waals surface area contributed by atoms with Gasteiger partial charge in [-0.3, -0.25) is 0 Å². The Hall–Kier alpha value is -0.0800. The van der Waals surface area contributed by atoms with Crippen LogP contribution in [0.15, 0.2) is 0 Å². The first-order chi connectivity index (χ1) is 5.83. The van der Waals surface area contributed by atoms with Crippen LogP contribution in [0.2, 0.25) is 0 Å². The molecular formula is C10H21NO. The van der Waals surface area contributed by atoms with Crippen molar-refractivity contribution in [3.63, 3.8) is 0 Å². The molecule has 12 heavy (non-hydrogen) atoms. The molecule has 0 aromatic heterocycles. The van der Waals surface area contributed by atoms with E-state index in [1.165, 1.54) is 25.7 Å². The molecule has 1 atom stereocenters. The van der Waals surface area contributed by atoms with Crippen molar-refractivity contribution in [1.82, 2.24) is 5.32 Å². The summed E-state index contributed by atoms with van der Waals surface area (Å²) in [6, 6.07) is 0. The van der Waals surface area contributed by atoms with Crippen molar-refractivity contribution in [3.05, 3.63) is 0 Å². The second kappa shape index (κ2) is 5.55. The minimum absolute atomic E-state index is 0.391. The standard InChI is InChI=1S/C10H21NO/c1-3-7-11-8-9(2)12-10-5-4-6-10/h9-11H,3-8H2,1-2H3. The summed E-state index contributed by atoms with van der Waals surface area (Å²) in [6.45, 7) is 6.45. The molecule has 1 fully saturated rings. The van der Waals surface area contributed by atoms with Crippen LogP contribution in [0.5, 0.6) is 0 Å². The third kappa shape index (κ3) is 3.55. The Bertz CT molecular complexity index is 112. The molecule has 2 nitrogen and oxygen atoms in total. The zero-order valence-corrected chi connectivity index (χ0v) is 8.31. The van der Waals surface area contributed by atoms with Gasteiger partial charge in [0.05, 0.1) is 12.2 Å². The molecule has 0 amide bonds. The van der Waals surface area contributed by atoms with Crippen molar-refractivity contribution < 1.29 is 4.74 Å². The summed E-state index contributed by atoms with van der Waals surface area (Å²) >= 11 is 0. The fourth-order valence-corrected chi connectivity index (χ4v) is 1.37. The second-order valence-corrected chi connectivity index (χ2v) is 3.70. The summed E-state index contributed by atoms with van der Waals surface area (Å²) in [7, 11) is 0. The average molecular weight is 171 g/mol. The summed E-state index contributed by atoms with van der Waals surface area (Å²) in [6.07, 6.45) is 6.08. The van der Waals surface area contributed by atoms with Crippen LogP contribution < -0.4 is 5.32 Å². The van der Waals surface area contributed by atoms with Gasteiger partial charge in [0.2, 0.25) is 0 Å². The Kier molecular flexibility index (Phi) is 4.62. The lowest BCUT2D eigenvalue weighted by atomic mass is 9.96. The fraction of sp³-hybridized carbons (Fsp3) is 1.00. The predicted molar refractivity (Wildman–Crippen MR) is 51.3 cm³/mol. The van der Waals surface area contributed by atoms with Crippen LogP contribution in [0.25, 0.3) is 0 Å². The molecule has 0 heterocycles. The molecule has 0 spiro atoms. The van der Waals surface area contributed by atoms with Gasteiger partial charge in [0, 0.05) is 6.54 Å². The van der Waals surface area contributed by atoms with Crippen molar-refractivity contribution >= 4 is 0 Å². The first-order valence-corrected chi connectivity index (χ1v) is 5.19. The van der Waals surface area contributed by atoms with Gasteiger partial charge in [0.25, 0.3) is 0 Å². The van der Waals surface area contributed by atoms with Crippen LogP contribution in [-0.4, -0.2) is 25.3 Å². The van der Waals surface area contributed by atoms with Crippen molar-refractivity contribution in [1.29, 1.82) is 0 Å². The van der Waals surface area contributed by atoms with Crippen LogP contribution >= 0.6 is 0 Å². The Morgan fingerprint density at radius 3 is 2.75 bits per heavy atom. The Morgan fingerprint density at radius 1 is 1.50 bits per heavy atom. The number of hydrogen-bond donors (Lipinski definition) is 1. The maximum atomic E-state index is 5.77. The van der Waals surface area contributed by atoms with Gasteiger partial charge in [0.1, 0.15) is 0 Å². The SMILES string of the molecule is CCCNCC(C)OC1CCC1. The monoisotopic (exact) mass is 171 g/mol. The van der Waals surface area contributed by atoms with E-state index in [2.05, 4.69) is 19.2 Å². The van der Waals surface area contributed by atoms with E-state index < -0.39 is 0 Å². The summed E-state index contributed by atoms with van der Waals surface area (Å²) in [5, 5.41) is 3.36. The fourth-order valence-electron chi connectivity index (χ4n) is 1.37. The van der Waals surface area contributed by atoms with Crippen LogP contribution in [0.4, 0.5) is 0 Å². The van der Waals surface area contributed by atoms with Crippen LogP contribution in [-0.2, 0) is 4.74 Å². The zero-order chi connectivity index (χ0) is 8.81. The van der Waals surface area contributed by atoms with E-state index in [9.17, 15) is 0 Å². The number of ether oxygens (including phenoxy) is 1. The third-order valence-corrected chi connectivity index (χ3v) is 2.34. The topological polar surface area (TPSA) is 21.3 Å². The molecule has 1 aliphatic carbocycles. The van der Waals surface area contributed by atoms with Crippen LogP contribution in [0.1, 0.15) is 39.5 Å². The Labute approximate surface area is 75.7 Å². The smallest absolute Gasteiger partial charge is 0.0675 e. The van der Waals surface area contributed by atoms with Crippen molar-refractivity contribution in [2.45, 2.75) is 51.7 Å². The molecule has 0 aliphatic heterocycles. The molecule has 1 N–H and O–H groups in total. The van der Waals surface area contributed by atoms with E-state index in [0.717, 1.165) is 13.1 Å². The van der Waals surface area contributed by atoms with Crippen molar-refractivity contribution in [3.8, 4) is 0 Å². The van der Waals surface area contributed by atoms with Gasteiger partial charge in [-0.2, -0.15) is 0 Å². The molecule has 0 bridgehead atoms. The largest absolute Gasteiger partial charge is 0.374 e. The summed E-state index contributed by atoms with van der Waals surface area (Å²) in [4.78, 5) is 0. The highest BCUT2D eigenvalue weighted by Gasteiger charge is 2.19. The summed E-state index contributed by atoms with van der Waals surface area (Å²) in [5.74, 6) is 0. The van der Waals surface area contributed by atoms with Gasteiger partial charge >= 0.3 is 0 Å². The van der Waals surface area contributed by atoms with Gasteiger partial charge in [-0.05, 0) is 39.2 Å². The minimum atomic E-state index is 0.391. The Morgan fingerprint density at radius 2 is 2.25 bits per heavy atom. The molecule has 0 radical (unpaired) electrons. The van der Waals surface area contributed by atoms with Crippen LogP contribution in [0, 0.1) is 0 Å². The van der Waals surface area contributed by atoms with Gasteiger partial charge in [-0.1, -0.05) is 6.92 Å².